The number of rotatable bonds is 16. The Balaban J connectivity index is 1.31. The number of fused-ring (bicyclic) bond motifs is 4. The summed E-state index contributed by atoms with van der Waals surface area (Å²) in [6.45, 7) is 14.2. The van der Waals surface area contributed by atoms with Crippen molar-refractivity contribution in [3.8, 4) is 6.07 Å². The molecule has 2 aliphatic heterocycles. The first-order chi connectivity index (χ1) is 26.4. The Hall–Kier alpha value is -5.22. The molecule has 0 amide bonds. The molecule has 0 bridgehead atoms. The first-order valence-electron chi connectivity index (χ1n) is 20.2. The summed E-state index contributed by atoms with van der Waals surface area (Å²) in [6, 6.07) is 20.2. The quantitative estimate of drug-likeness (QED) is 0.0679. The third-order valence-electron chi connectivity index (χ3n) is 11.9. The van der Waals surface area contributed by atoms with E-state index in [1.807, 2.05) is 39.0 Å². The van der Waals surface area contributed by atoms with Crippen molar-refractivity contribution in [2.45, 2.75) is 117 Å². The molecule has 0 atom stereocenters. The Morgan fingerprint density at radius 2 is 1.56 bits per heavy atom. The van der Waals surface area contributed by atoms with Crippen LogP contribution in [0, 0.1) is 11.3 Å². The molecular formula is C48H55N3O4. The van der Waals surface area contributed by atoms with Crippen LogP contribution in [0.2, 0.25) is 0 Å². The molecule has 0 unspecified atom stereocenters. The molecule has 6 rings (SSSR count). The summed E-state index contributed by atoms with van der Waals surface area (Å²) in [5.74, 6) is -1.77. The average Bonchev–Trinajstić information content (AvgIpc) is 3.52. The monoisotopic (exact) mass is 737 g/mol. The molecule has 0 aromatic heterocycles. The van der Waals surface area contributed by atoms with Gasteiger partial charge in [0.05, 0.1) is 5.41 Å². The van der Waals surface area contributed by atoms with Gasteiger partial charge in [-0.15, -0.1) is 0 Å². The standard InChI is InChI=1S/C48H55N3O4/c1-7-9-10-11-12-13-14-15-16-19-26-51-40-25-23-33-20-17-18-21-35(33)43(40)48(5,6)42(51)30-37-44(52)36(45(37)53)29-41-47(3,4)38-28-32(27-34(31-49)46(54)55)22-24-39(38)50(41)8-2/h17-18,20-25,27-30H,7-16,19,26H2,1-6H3,(H-,52,53,54,55)/b34-27+. The Bertz CT molecular complexity index is 2220. The van der Waals surface area contributed by atoms with E-state index in [0.717, 1.165) is 47.7 Å². The van der Waals surface area contributed by atoms with Crippen molar-refractivity contribution in [3.63, 3.8) is 0 Å². The Morgan fingerprint density at radius 1 is 0.891 bits per heavy atom. The molecule has 0 radical (unpaired) electrons. The van der Waals surface area contributed by atoms with Gasteiger partial charge in [-0.05, 0) is 79.4 Å². The van der Waals surface area contributed by atoms with Crippen molar-refractivity contribution >= 4 is 45.7 Å². The highest BCUT2D eigenvalue weighted by molar-refractivity contribution is 6.24. The minimum atomic E-state index is -1.28. The van der Waals surface area contributed by atoms with Crippen LogP contribution in [0.3, 0.4) is 0 Å². The number of hydrogen-bond acceptors (Lipinski definition) is 5. The van der Waals surface area contributed by atoms with E-state index in [1.54, 1.807) is 18.2 Å². The highest BCUT2D eigenvalue weighted by Crippen LogP contribution is 2.50. The van der Waals surface area contributed by atoms with Gasteiger partial charge in [0.1, 0.15) is 18.2 Å². The van der Waals surface area contributed by atoms with Crippen molar-refractivity contribution in [2.24, 2.45) is 0 Å². The molecule has 0 spiro atoms. The van der Waals surface area contributed by atoms with E-state index in [9.17, 15) is 25.1 Å². The number of likely N-dealkylation sites (N-methyl/N-ethyl adjacent to an activating group) is 1. The van der Waals surface area contributed by atoms with Crippen molar-refractivity contribution in [1.82, 2.24) is 0 Å². The van der Waals surface area contributed by atoms with Crippen LogP contribution in [0.1, 0.15) is 122 Å². The number of carboxylic acid groups (broad SMARTS) is 1. The zero-order chi connectivity index (χ0) is 39.5. The third kappa shape index (κ3) is 7.44. The fourth-order valence-corrected chi connectivity index (χ4v) is 8.86. The van der Waals surface area contributed by atoms with Gasteiger partial charge in [0.15, 0.2) is 11.5 Å². The van der Waals surface area contributed by atoms with Crippen LogP contribution in [0.25, 0.3) is 16.8 Å². The van der Waals surface area contributed by atoms with Gasteiger partial charge in [-0.1, -0.05) is 108 Å². The van der Waals surface area contributed by atoms with Crippen LogP contribution >= 0.6 is 0 Å². The lowest BCUT2D eigenvalue weighted by molar-refractivity contribution is -0.438. The number of benzene rings is 3. The van der Waals surface area contributed by atoms with Gasteiger partial charge in [-0.3, -0.25) is 4.79 Å². The van der Waals surface area contributed by atoms with Gasteiger partial charge in [0, 0.05) is 58.6 Å². The van der Waals surface area contributed by atoms with Gasteiger partial charge < -0.3 is 15.1 Å². The lowest BCUT2D eigenvalue weighted by atomic mass is 9.76. The number of Topliss-reactive ketones (excluding diaryl/α,β-unsaturated/α-hetero) is 1. The molecule has 3 aromatic rings. The predicted octanol–water partition coefficient (Wildman–Crippen LogP) is 9.95. The maximum absolute atomic E-state index is 14.0. The largest absolute Gasteiger partial charge is 0.871 e. The smallest absolute Gasteiger partial charge is 0.346 e. The summed E-state index contributed by atoms with van der Waals surface area (Å²) >= 11 is 0. The molecule has 3 aliphatic rings. The van der Waals surface area contributed by atoms with Gasteiger partial charge in [-0.2, -0.15) is 9.84 Å². The minimum Gasteiger partial charge on any atom is -0.871 e. The second kappa shape index (κ2) is 16.3. The molecule has 0 saturated carbocycles. The second-order valence-corrected chi connectivity index (χ2v) is 16.3. The summed E-state index contributed by atoms with van der Waals surface area (Å²) in [4.78, 5) is 27.6. The number of aliphatic carboxylic acids is 1. The summed E-state index contributed by atoms with van der Waals surface area (Å²) < 4.78 is 2.36. The number of anilines is 1. The molecule has 1 N–H and O–H groups in total. The summed E-state index contributed by atoms with van der Waals surface area (Å²) in [7, 11) is 0. The zero-order valence-corrected chi connectivity index (χ0v) is 33.4. The number of nitrogens with zero attached hydrogens (tertiary/aromatic N) is 3. The Kier molecular flexibility index (Phi) is 11.7. The normalized spacial score (nSPS) is 18.7. The van der Waals surface area contributed by atoms with E-state index >= 15 is 0 Å². The molecule has 2 heterocycles. The molecule has 1 aliphatic carbocycles. The minimum absolute atomic E-state index is 0.180. The van der Waals surface area contributed by atoms with E-state index in [1.165, 1.54) is 73.8 Å². The number of allylic oxidation sites excluding steroid dienone is 5. The van der Waals surface area contributed by atoms with Crippen LogP contribution in [-0.2, 0) is 20.4 Å². The molecule has 7 nitrogen and oxygen atoms in total. The van der Waals surface area contributed by atoms with Crippen LogP contribution in [-0.4, -0.2) is 40.2 Å². The van der Waals surface area contributed by atoms with E-state index in [4.69, 9.17) is 0 Å². The first-order valence-corrected chi connectivity index (χ1v) is 20.2. The predicted molar refractivity (Wildman–Crippen MR) is 221 cm³/mol. The lowest BCUT2D eigenvalue weighted by Crippen LogP contribution is -2.35. The summed E-state index contributed by atoms with van der Waals surface area (Å²) in [5, 5.41) is 35.1. The van der Waals surface area contributed by atoms with E-state index in [0.29, 0.717) is 12.1 Å². The van der Waals surface area contributed by atoms with Crippen LogP contribution in [0.5, 0.6) is 0 Å². The van der Waals surface area contributed by atoms with Crippen LogP contribution in [0.15, 0.2) is 94.9 Å². The number of ketones is 1. The van der Waals surface area contributed by atoms with Crippen molar-refractivity contribution in [1.29, 1.82) is 5.26 Å². The second-order valence-electron chi connectivity index (χ2n) is 16.3. The number of carbonyl (C=O) groups excluding carboxylic acids is 1. The summed E-state index contributed by atoms with van der Waals surface area (Å²) in [6.07, 6.45) is 17.6. The molecule has 3 aromatic carbocycles. The van der Waals surface area contributed by atoms with Crippen molar-refractivity contribution in [3.05, 3.63) is 112 Å². The number of unbranched alkanes of at least 4 members (excludes halogenated alkanes) is 9. The van der Waals surface area contributed by atoms with E-state index in [2.05, 4.69) is 66.6 Å². The highest BCUT2D eigenvalue weighted by Gasteiger charge is 2.47. The van der Waals surface area contributed by atoms with Gasteiger partial charge in [0.25, 0.3) is 0 Å². The molecule has 0 saturated heterocycles. The molecule has 55 heavy (non-hydrogen) atoms. The van der Waals surface area contributed by atoms with E-state index < -0.39 is 16.8 Å². The number of carboxylic acids is 1. The maximum atomic E-state index is 14.0. The van der Waals surface area contributed by atoms with Gasteiger partial charge in [-0.25, -0.2) is 4.79 Å². The van der Waals surface area contributed by atoms with Crippen molar-refractivity contribution in [2.75, 3.05) is 18.0 Å². The molecular weight excluding hydrogens is 683 g/mol. The van der Waals surface area contributed by atoms with Gasteiger partial charge in [0.2, 0.25) is 5.69 Å². The number of hydrogen-bond donors (Lipinski definition) is 1. The fourth-order valence-electron chi connectivity index (χ4n) is 8.86. The Labute approximate surface area is 326 Å². The lowest BCUT2D eigenvalue weighted by Gasteiger charge is -2.32. The molecule has 286 valence electrons. The van der Waals surface area contributed by atoms with E-state index in [-0.39, 0.29) is 28.3 Å². The first kappa shape index (κ1) is 39.5. The average molecular weight is 738 g/mol. The Morgan fingerprint density at radius 3 is 2.20 bits per heavy atom. The third-order valence-corrected chi connectivity index (χ3v) is 11.9. The fraction of sp³-hybridized carbons (Fsp3) is 0.417. The van der Waals surface area contributed by atoms with Crippen LogP contribution in [0.4, 0.5) is 11.4 Å². The molecule has 7 heteroatoms. The maximum Gasteiger partial charge on any atom is 0.346 e. The summed E-state index contributed by atoms with van der Waals surface area (Å²) in [5.41, 5.74) is 5.71. The SMILES string of the molecule is CCCCCCCCCCCC[N+]1=C(/C=C2/C(=O)C(/C=C3\N(CC)c4ccc(/C=C(\C#N)C(=O)O)cc4C3(C)C)=C2[O-])C(C)(C)c2c1ccc1ccccc21. The van der Waals surface area contributed by atoms with Crippen molar-refractivity contribution < 1.29 is 24.4 Å². The zero-order valence-electron chi connectivity index (χ0n) is 33.4. The number of nitriles is 1. The highest BCUT2D eigenvalue weighted by atomic mass is 16.4. The number of carbonyl (C=O) groups is 2. The van der Waals surface area contributed by atoms with Crippen LogP contribution < -0.4 is 10.0 Å². The topological polar surface area (TPSA) is 107 Å². The molecule has 0 fully saturated rings. The van der Waals surface area contributed by atoms with Gasteiger partial charge >= 0.3 is 5.97 Å².